The van der Waals surface area contributed by atoms with Gasteiger partial charge < -0.3 is 4.57 Å². The molecule has 4 heteroatoms. The second kappa shape index (κ2) is 12.5. The van der Waals surface area contributed by atoms with Gasteiger partial charge in [-0.1, -0.05) is 182 Å². The first-order valence-corrected chi connectivity index (χ1v) is 20.5. The van der Waals surface area contributed by atoms with E-state index in [2.05, 4.69) is 150 Å². The van der Waals surface area contributed by atoms with Crippen LogP contribution in [0.5, 0.6) is 0 Å². The maximum atomic E-state index is 5.06. The minimum absolute atomic E-state index is 0.422. The van der Waals surface area contributed by atoms with Crippen LogP contribution in [0.2, 0.25) is 0 Å². The van der Waals surface area contributed by atoms with Crippen LogP contribution in [0.3, 0.4) is 0 Å². The average molecular weight is 763 g/mol. The van der Waals surface area contributed by atoms with Gasteiger partial charge in [0.25, 0.3) is 0 Å². The molecule has 0 atom stereocenters. The van der Waals surface area contributed by atoms with Crippen molar-refractivity contribution >= 4 is 32.6 Å². The van der Waals surface area contributed by atoms with Crippen molar-refractivity contribution in [3.8, 4) is 62.1 Å². The summed E-state index contributed by atoms with van der Waals surface area (Å²) < 4.78 is 2.50. The molecule has 0 aliphatic heterocycles. The maximum absolute atomic E-state index is 5.06. The quantitative estimate of drug-likeness (QED) is 0.179. The number of nitrogens with zero attached hydrogens (tertiary/aromatic N) is 4. The molecule has 4 nitrogen and oxygen atoms in total. The molecule has 0 amide bonds. The largest absolute Gasteiger partial charge is 0.309 e. The zero-order valence-electron chi connectivity index (χ0n) is 32.4. The lowest BCUT2D eigenvalue weighted by Gasteiger charge is -2.30. The third-order valence-electron chi connectivity index (χ3n) is 12.8. The third-order valence-corrected chi connectivity index (χ3v) is 12.8. The molecular formula is C56H34N4. The second-order valence-electron chi connectivity index (χ2n) is 15.9. The van der Waals surface area contributed by atoms with Gasteiger partial charge in [-0.15, -0.1) is 0 Å². The molecular weight excluding hydrogens is 729 g/mol. The Morgan fingerprint density at radius 1 is 0.350 bits per heavy atom. The summed E-state index contributed by atoms with van der Waals surface area (Å²) in [7, 11) is 0. The molecule has 0 saturated heterocycles. The SMILES string of the molecule is c1ccc(-c2nc(-c3ccccc3)nc(-c3ccc4ccc(-n5c6ccccc6c6ccc7c(c65)-c5ccccc5C75c6ccccc6-c6ccccc65)cc4c3)n2)cc1. The molecule has 2 heterocycles. The van der Waals surface area contributed by atoms with E-state index in [1.54, 1.807) is 0 Å². The van der Waals surface area contributed by atoms with Crippen LogP contribution in [0, 0.1) is 0 Å². The number of fused-ring (bicyclic) bond motifs is 15. The molecule has 9 aromatic carbocycles. The van der Waals surface area contributed by atoms with Crippen molar-refractivity contribution in [1.82, 2.24) is 19.5 Å². The van der Waals surface area contributed by atoms with Gasteiger partial charge in [-0.25, -0.2) is 15.0 Å². The molecule has 2 aliphatic rings. The Kier molecular flexibility index (Phi) is 6.90. The Balaban J connectivity index is 1.06. The van der Waals surface area contributed by atoms with E-state index in [1.165, 1.54) is 66.3 Å². The minimum atomic E-state index is -0.422. The lowest BCUT2D eigenvalue weighted by atomic mass is 9.70. The number of aromatic nitrogens is 4. The molecule has 0 fully saturated rings. The van der Waals surface area contributed by atoms with Gasteiger partial charge in [-0.2, -0.15) is 0 Å². The molecule has 0 radical (unpaired) electrons. The summed E-state index contributed by atoms with van der Waals surface area (Å²) in [6.07, 6.45) is 0. The molecule has 0 unspecified atom stereocenters. The van der Waals surface area contributed by atoms with Crippen molar-refractivity contribution in [2.45, 2.75) is 5.41 Å². The zero-order valence-corrected chi connectivity index (χ0v) is 32.4. The predicted octanol–water partition coefficient (Wildman–Crippen LogP) is 13.5. The maximum Gasteiger partial charge on any atom is 0.164 e. The van der Waals surface area contributed by atoms with Crippen LogP contribution in [0.1, 0.15) is 22.3 Å². The summed E-state index contributed by atoms with van der Waals surface area (Å²) in [5.74, 6) is 1.94. The van der Waals surface area contributed by atoms with E-state index in [-0.39, 0.29) is 0 Å². The Labute approximate surface area is 346 Å². The van der Waals surface area contributed by atoms with E-state index in [9.17, 15) is 0 Å². The average Bonchev–Trinajstić information content (AvgIpc) is 3.93. The second-order valence-corrected chi connectivity index (χ2v) is 15.9. The van der Waals surface area contributed by atoms with Crippen LogP contribution in [-0.4, -0.2) is 19.5 Å². The Morgan fingerprint density at radius 2 is 0.883 bits per heavy atom. The fourth-order valence-electron chi connectivity index (χ4n) is 10.3. The fraction of sp³-hybridized carbons (Fsp3) is 0.0179. The van der Waals surface area contributed by atoms with Crippen molar-refractivity contribution < 1.29 is 0 Å². The lowest BCUT2D eigenvalue weighted by Crippen LogP contribution is -2.25. The number of benzene rings is 9. The van der Waals surface area contributed by atoms with E-state index in [0.717, 1.165) is 33.2 Å². The molecule has 11 aromatic rings. The number of hydrogen-bond acceptors (Lipinski definition) is 3. The molecule has 1 spiro atoms. The minimum Gasteiger partial charge on any atom is -0.309 e. The van der Waals surface area contributed by atoms with E-state index in [1.807, 2.05) is 60.7 Å². The van der Waals surface area contributed by atoms with Gasteiger partial charge in [-0.05, 0) is 74.0 Å². The van der Waals surface area contributed by atoms with Crippen molar-refractivity contribution in [2.24, 2.45) is 0 Å². The highest BCUT2D eigenvalue weighted by Crippen LogP contribution is 2.64. The van der Waals surface area contributed by atoms with Crippen LogP contribution in [0.4, 0.5) is 0 Å². The highest BCUT2D eigenvalue weighted by Gasteiger charge is 2.52. The number of rotatable bonds is 4. The summed E-state index contributed by atoms with van der Waals surface area (Å²) in [6, 6.07) is 74.5. The molecule has 13 rings (SSSR count). The third kappa shape index (κ3) is 4.53. The summed E-state index contributed by atoms with van der Waals surface area (Å²) in [5.41, 5.74) is 16.5. The highest BCUT2D eigenvalue weighted by atomic mass is 15.0. The Bertz CT molecular complexity index is 3440. The summed E-state index contributed by atoms with van der Waals surface area (Å²) in [5, 5.41) is 4.75. The monoisotopic (exact) mass is 762 g/mol. The van der Waals surface area contributed by atoms with E-state index in [0.29, 0.717) is 17.5 Å². The van der Waals surface area contributed by atoms with E-state index >= 15 is 0 Å². The first-order valence-electron chi connectivity index (χ1n) is 20.5. The topological polar surface area (TPSA) is 43.6 Å². The van der Waals surface area contributed by atoms with E-state index < -0.39 is 5.41 Å². The summed E-state index contributed by atoms with van der Waals surface area (Å²) in [6.45, 7) is 0. The number of hydrogen-bond donors (Lipinski definition) is 0. The van der Waals surface area contributed by atoms with Gasteiger partial charge in [0.1, 0.15) is 0 Å². The van der Waals surface area contributed by atoms with Crippen molar-refractivity contribution in [3.63, 3.8) is 0 Å². The summed E-state index contributed by atoms with van der Waals surface area (Å²) in [4.78, 5) is 15.1. The standard InChI is InChI=1S/C56H34N4/c1-3-15-36(16-4-1)53-57-54(37-17-5-2-6-18-37)59-55(58-53)38-28-27-35-29-30-40(34-39(35)33-38)60-50-26-14-10-21-43(50)44-31-32-49-51(52(44)60)45-22-9-13-25-48(45)56(49)46-23-11-7-19-41(46)42-20-8-12-24-47(42)56/h1-34H. The number of para-hydroxylation sites is 1. The normalized spacial score (nSPS) is 13.1. The molecule has 0 N–H and O–H groups in total. The van der Waals surface area contributed by atoms with Crippen LogP contribution >= 0.6 is 0 Å². The summed E-state index contributed by atoms with van der Waals surface area (Å²) >= 11 is 0. The van der Waals surface area contributed by atoms with Crippen LogP contribution in [-0.2, 0) is 5.41 Å². The molecule has 0 bridgehead atoms. The Morgan fingerprint density at radius 3 is 1.55 bits per heavy atom. The molecule has 278 valence electrons. The highest BCUT2D eigenvalue weighted by molar-refractivity contribution is 6.16. The zero-order chi connectivity index (χ0) is 39.4. The Hall–Kier alpha value is -7.95. The van der Waals surface area contributed by atoms with Gasteiger partial charge in [0.2, 0.25) is 0 Å². The van der Waals surface area contributed by atoms with E-state index in [4.69, 9.17) is 15.0 Å². The van der Waals surface area contributed by atoms with Gasteiger partial charge in [-0.3, -0.25) is 0 Å². The molecule has 0 saturated carbocycles. The van der Waals surface area contributed by atoms with Crippen molar-refractivity contribution in [3.05, 3.63) is 229 Å². The predicted molar refractivity (Wildman–Crippen MR) is 244 cm³/mol. The van der Waals surface area contributed by atoms with Gasteiger partial charge in [0.05, 0.1) is 16.4 Å². The molecule has 2 aromatic heterocycles. The van der Waals surface area contributed by atoms with Gasteiger partial charge >= 0.3 is 0 Å². The van der Waals surface area contributed by atoms with Crippen LogP contribution in [0.25, 0.3) is 94.7 Å². The fourth-order valence-corrected chi connectivity index (χ4v) is 10.3. The smallest absolute Gasteiger partial charge is 0.164 e. The molecule has 60 heavy (non-hydrogen) atoms. The molecule has 2 aliphatic carbocycles. The van der Waals surface area contributed by atoms with Crippen LogP contribution in [0.15, 0.2) is 206 Å². The van der Waals surface area contributed by atoms with Crippen molar-refractivity contribution in [1.29, 1.82) is 0 Å². The van der Waals surface area contributed by atoms with Crippen molar-refractivity contribution in [2.75, 3.05) is 0 Å². The van der Waals surface area contributed by atoms with Gasteiger partial charge in [0, 0.05) is 38.7 Å². The van der Waals surface area contributed by atoms with Gasteiger partial charge in [0.15, 0.2) is 17.5 Å². The first kappa shape index (κ1) is 33.1. The first-order chi connectivity index (χ1) is 29.8. The lowest BCUT2D eigenvalue weighted by molar-refractivity contribution is 0.794. The van der Waals surface area contributed by atoms with Crippen LogP contribution < -0.4 is 0 Å².